The maximum Gasteiger partial charge on any atom is 0.280 e. The second-order valence-corrected chi connectivity index (χ2v) is 9.01. The van der Waals surface area contributed by atoms with E-state index in [2.05, 4.69) is 25.0 Å². The zero-order chi connectivity index (χ0) is 21.3. The SMILES string of the molecule is Cn1cnc2ncn(Cc3nc(C4[C@H]5CN(c6cc(Cl)cc(Cl)c6)C[C@@H]45)no3)c(=O)c21. The fourth-order valence-electron chi connectivity index (χ4n) is 4.64. The topological polar surface area (TPSA) is 94.9 Å². The molecule has 3 aromatic heterocycles. The van der Waals surface area contributed by atoms with Gasteiger partial charge in [0.05, 0.1) is 6.33 Å². The van der Waals surface area contributed by atoms with Crippen molar-refractivity contribution >= 4 is 40.1 Å². The molecule has 0 spiro atoms. The summed E-state index contributed by atoms with van der Waals surface area (Å²) in [5.41, 5.74) is 1.71. The monoisotopic (exact) mass is 457 g/mol. The van der Waals surface area contributed by atoms with E-state index in [4.69, 9.17) is 27.7 Å². The molecular formula is C20H17Cl2N7O2. The number of anilines is 1. The van der Waals surface area contributed by atoms with Crippen LogP contribution in [0.15, 0.2) is 40.2 Å². The molecule has 1 aliphatic heterocycles. The number of piperidine rings is 1. The van der Waals surface area contributed by atoms with Crippen LogP contribution in [0.4, 0.5) is 5.69 Å². The van der Waals surface area contributed by atoms with Gasteiger partial charge in [-0.15, -0.1) is 0 Å². The Bertz CT molecular complexity index is 1350. The summed E-state index contributed by atoms with van der Waals surface area (Å²) in [5, 5.41) is 5.45. The molecule has 0 N–H and O–H groups in total. The Kier molecular flexibility index (Phi) is 4.13. The highest BCUT2D eigenvalue weighted by Gasteiger charge is 2.58. The summed E-state index contributed by atoms with van der Waals surface area (Å²) in [4.78, 5) is 27.9. The second kappa shape index (κ2) is 6.80. The van der Waals surface area contributed by atoms with E-state index < -0.39 is 0 Å². The third-order valence-corrected chi connectivity index (χ3v) is 6.63. The van der Waals surface area contributed by atoms with Gasteiger partial charge in [-0.2, -0.15) is 4.98 Å². The number of aromatic nitrogens is 6. The molecule has 0 radical (unpaired) electrons. The van der Waals surface area contributed by atoms with Gasteiger partial charge in [-0.3, -0.25) is 9.36 Å². The summed E-state index contributed by atoms with van der Waals surface area (Å²) >= 11 is 12.3. The van der Waals surface area contributed by atoms with Crippen molar-refractivity contribution in [3.05, 3.63) is 63.0 Å². The van der Waals surface area contributed by atoms with Crippen LogP contribution in [0.25, 0.3) is 11.2 Å². The number of hydrogen-bond acceptors (Lipinski definition) is 7. The highest BCUT2D eigenvalue weighted by Crippen LogP contribution is 2.58. The minimum Gasteiger partial charge on any atom is -0.371 e. The number of aryl methyl sites for hydroxylation is 1. The molecular weight excluding hydrogens is 441 g/mol. The van der Waals surface area contributed by atoms with Crippen molar-refractivity contribution in [2.75, 3.05) is 18.0 Å². The summed E-state index contributed by atoms with van der Waals surface area (Å²) in [6.45, 7) is 1.97. The average molecular weight is 458 g/mol. The lowest BCUT2D eigenvalue weighted by Gasteiger charge is -2.22. The molecule has 4 heterocycles. The number of halogens is 2. The Morgan fingerprint density at radius 1 is 1.10 bits per heavy atom. The van der Waals surface area contributed by atoms with Crippen molar-refractivity contribution in [1.82, 2.24) is 29.2 Å². The van der Waals surface area contributed by atoms with Crippen LogP contribution in [-0.2, 0) is 13.6 Å². The van der Waals surface area contributed by atoms with Gasteiger partial charge in [0, 0.05) is 41.8 Å². The predicted molar refractivity (Wildman–Crippen MR) is 115 cm³/mol. The molecule has 3 atom stereocenters. The number of nitrogens with zero attached hydrogens (tertiary/aromatic N) is 7. The highest BCUT2D eigenvalue weighted by molar-refractivity contribution is 6.35. The van der Waals surface area contributed by atoms with Crippen molar-refractivity contribution in [1.29, 1.82) is 0 Å². The molecule has 6 rings (SSSR count). The number of benzene rings is 1. The van der Waals surface area contributed by atoms with Crippen LogP contribution < -0.4 is 10.5 Å². The zero-order valence-electron chi connectivity index (χ0n) is 16.4. The van der Waals surface area contributed by atoms with E-state index in [0.29, 0.717) is 44.8 Å². The molecule has 1 unspecified atom stereocenters. The minimum absolute atomic E-state index is 0.176. The summed E-state index contributed by atoms with van der Waals surface area (Å²) in [6.07, 6.45) is 3.03. The van der Waals surface area contributed by atoms with Gasteiger partial charge in [0.15, 0.2) is 17.0 Å². The molecule has 9 nitrogen and oxygen atoms in total. The Morgan fingerprint density at radius 2 is 1.81 bits per heavy atom. The maximum atomic E-state index is 12.7. The van der Waals surface area contributed by atoms with Gasteiger partial charge in [0.1, 0.15) is 12.9 Å². The van der Waals surface area contributed by atoms with E-state index in [1.54, 1.807) is 24.0 Å². The van der Waals surface area contributed by atoms with E-state index in [-0.39, 0.29) is 18.0 Å². The van der Waals surface area contributed by atoms with Crippen LogP contribution in [0.5, 0.6) is 0 Å². The molecule has 1 aliphatic carbocycles. The summed E-state index contributed by atoms with van der Waals surface area (Å²) in [6, 6.07) is 5.61. The van der Waals surface area contributed by atoms with Crippen LogP contribution >= 0.6 is 23.2 Å². The van der Waals surface area contributed by atoms with Gasteiger partial charge in [0.2, 0.25) is 5.89 Å². The van der Waals surface area contributed by atoms with Crippen LogP contribution in [-0.4, -0.2) is 42.3 Å². The van der Waals surface area contributed by atoms with Crippen LogP contribution in [0.3, 0.4) is 0 Å². The number of hydrogen-bond donors (Lipinski definition) is 0. The van der Waals surface area contributed by atoms with Gasteiger partial charge in [-0.05, 0) is 30.0 Å². The van der Waals surface area contributed by atoms with E-state index in [1.807, 2.05) is 12.1 Å². The van der Waals surface area contributed by atoms with Crippen molar-refractivity contribution in [2.45, 2.75) is 12.5 Å². The molecule has 1 saturated carbocycles. The molecule has 31 heavy (non-hydrogen) atoms. The van der Waals surface area contributed by atoms with Gasteiger partial charge >= 0.3 is 0 Å². The van der Waals surface area contributed by atoms with Crippen molar-refractivity contribution in [2.24, 2.45) is 18.9 Å². The van der Waals surface area contributed by atoms with E-state index in [9.17, 15) is 4.79 Å². The molecule has 0 bridgehead atoms. The largest absolute Gasteiger partial charge is 0.371 e. The van der Waals surface area contributed by atoms with Gasteiger partial charge < -0.3 is 14.0 Å². The molecule has 0 amide bonds. The first-order chi connectivity index (χ1) is 15.0. The van der Waals surface area contributed by atoms with Crippen LogP contribution in [0.2, 0.25) is 10.0 Å². The first-order valence-corrected chi connectivity index (χ1v) is 10.6. The fraction of sp³-hybridized carbons (Fsp3) is 0.350. The fourth-order valence-corrected chi connectivity index (χ4v) is 5.15. The highest BCUT2D eigenvalue weighted by atomic mass is 35.5. The number of imidazole rings is 1. The molecule has 2 fully saturated rings. The second-order valence-electron chi connectivity index (χ2n) is 8.14. The summed E-state index contributed by atoms with van der Waals surface area (Å²) in [5.74, 6) is 2.31. The summed E-state index contributed by atoms with van der Waals surface area (Å²) < 4.78 is 8.55. The lowest BCUT2D eigenvalue weighted by Crippen LogP contribution is -2.24. The van der Waals surface area contributed by atoms with E-state index >= 15 is 0 Å². The van der Waals surface area contributed by atoms with E-state index in [1.165, 1.54) is 10.9 Å². The third-order valence-electron chi connectivity index (χ3n) is 6.19. The van der Waals surface area contributed by atoms with Crippen LogP contribution in [0.1, 0.15) is 17.6 Å². The molecule has 1 aromatic carbocycles. The van der Waals surface area contributed by atoms with Crippen LogP contribution in [0, 0.1) is 11.8 Å². The quantitative estimate of drug-likeness (QED) is 0.464. The van der Waals surface area contributed by atoms with Crippen molar-refractivity contribution in [3.8, 4) is 0 Å². The average Bonchev–Trinajstić information content (AvgIpc) is 3.15. The van der Waals surface area contributed by atoms with Gasteiger partial charge in [-0.25, -0.2) is 9.97 Å². The zero-order valence-corrected chi connectivity index (χ0v) is 18.0. The maximum absolute atomic E-state index is 12.7. The molecule has 4 aromatic rings. The standard InChI is InChI=1S/C20H17Cl2N7O2/c1-27-8-23-19-17(27)20(30)29(9-24-19)7-15-25-18(26-31-15)16-13-5-28(6-14(13)16)12-3-10(21)2-11(22)4-12/h2-4,8-9,13-14,16H,5-7H2,1H3/t13-,14+,16?. The van der Waals surface area contributed by atoms with Crippen molar-refractivity contribution < 1.29 is 4.52 Å². The predicted octanol–water partition coefficient (Wildman–Crippen LogP) is 2.72. The van der Waals surface area contributed by atoms with Gasteiger partial charge in [0.25, 0.3) is 5.56 Å². The lowest BCUT2D eigenvalue weighted by molar-refractivity contribution is 0.363. The Balaban J connectivity index is 1.17. The Morgan fingerprint density at radius 3 is 2.55 bits per heavy atom. The Hall–Kier alpha value is -2.91. The smallest absolute Gasteiger partial charge is 0.280 e. The lowest BCUT2D eigenvalue weighted by atomic mass is 10.2. The van der Waals surface area contributed by atoms with Crippen molar-refractivity contribution in [3.63, 3.8) is 0 Å². The summed E-state index contributed by atoms with van der Waals surface area (Å²) in [7, 11) is 1.76. The van der Waals surface area contributed by atoms with Gasteiger partial charge in [-0.1, -0.05) is 28.4 Å². The first-order valence-electron chi connectivity index (χ1n) is 9.88. The molecule has 1 saturated heterocycles. The third kappa shape index (κ3) is 3.11. The molecule has 11 heteroatoms. The molecule has 158 valence electrons. The number of rotatable bonds is 4. The first kappa shape index (κ1) is 18.8. The minimum atomic E-state index is -0.191. The number of fused-ring (bicyclic) bond motifs is 2. The molecule has 2 aliphatic rings. The van der Waals surface area contributed by atoms with E-state index in [0.717, 1.165) is 18.8 Å². The Labute approximate surface area is 186 Å². The normalized spacial score (nSPS) is 22.3.